The molecule has 118 valence electrons. The standard InChI is InChI=1S/C13H22N4O3S/c1-9(2)13(18)16-11-4-6-17(7-5-11)21(19,20)12-8-14-10(3)15-12/h8-9,11H,4-7H2,1-3H3,(H,14,15)(H,16,18). The highest BCUT2D eigenvalue weighted by molar-refractivity contribution is 7.89. The summed E-state index contributed by atoms with van der Waals surface area (Å²) in [6, 6.07) is 0.0508. The number of H-pyrrole nitrogens is 1. The van der Waals surface area contributed by atoms with Gasteiger partial charge in [0, 0.05) is 25.0 Å². The van der Waals surface area contributed by atoms with Crippen LogP contribution in [0, 0.1) is 12.8 Å². The van der Waals surface area contributed by atoms with Gasteiger partial charge in [-0.3, -0.25) is 4.79 Å². The van der Waals surface area contributed by atoms with E-state index in [2.05, 4.69) is 15.3 Å². The summed E-state index contributed by atoms with van der Waals surface area (Å²) in [6.45, 7) is 6.21. The molecule has 8 heteroatoms. The van der Waals surface area contributed by atoms with Crippen LogP contribution < -0.4 is 5.32 Å². The topological polar surface area (TPSA) is 95.2 Å². The van der Waals surface area contributed by atoms with Crippen molar-refractivity contribution in [2.75, 3.05) is 13.1 Å². The van der Waals surface area contributed by atoms with E-state index in [0.717, 1.165) is 0 Å². The van der Waals surface area contributed by atoms with Gasteiger partial charge in [-0.05, 0) is 19.8 Å². The summed E-state index contributed by atoms with van der Waals surface area (Å²) in [5.74, 6) is 0.535. The zero-order valence-corrected chi connectivity index (χ0v) is 13.4. The number of amides is 1. The molecule has 1 aliphatic rings. The molecule has 2 rings (SSSR count). The molecule has 0 aromatic carbocycles. The second kappa shape index (κ2) is 6.15. The summed E-state index contributed by atoms with van der Waals surface area (Å²) >= 11 is 0. The number of carbonyl (C=O) groups excluding carboxylic acids is 1. The van der Waals surface area contributed by atoms with Gasteiger partial charge in [-0.25, -0.2) is 13.4 Å². The van der Waals surface area contributed by atoms with Gasteiger partial charge in [0.25, 0.3) is 10.0 Å². The van der Waals surface area contributed by atoms with Crippen molar-refractivity contribution in [3.8, 4) is 0 Å². The van der Waals surface area contributed by atoms with Crippen LogP contribution in [0.2, 0.25) is 0 Å². The molecule has 0 aliphatic carbocycles. The number of rotatable bonds is 4. The number of nitrogens with zero attached hydrogens (tertiary/aromatic N) is 2. The predicted molar refractivity (Wildman–Crippen MR) is 78.1 cm³/mol. The van der Waals surface area contributed by atoms with Crippen molar-refractivity contribution in [2.45, 2.75) is 44.7 Å². The quantitative estimate of drug-likeness (QED) is 0.852. The maximum Gasteiger partial charge on any atom is 0.260 e. The Morgan fingerprint density at radius 2 is 2.05 bits per heavy atom. The number of sulfonamides is 1. The molecular formula is C13H22N4O3S. The first-order chi connectivity index (χ1) is 9.80. The van der Waals surface area contributed by atoms with Gasteiger partial charge in [0.05, 0.1) is 6.20 Å². The maximum atomic E-state index is 12.4. The van der Waals surface area contributed by atoms with E-state index in [1.54, 1.807) is 6.92 Å². The molecule has 1 saturated heterocycles. The molecule has 0 spiro atoms. The molecule has 0 unspecified atom stereocenters. The molecule has 7 nitrogen and oxygen atoms in total. The number of hydrogen-bond donors (Lipinski definition) is 2. The number of aryl methyl sites for hydroxylation is 1. The first kappa shape index (κ1) is 16.0. The first-order valence-corrected chi connectivity index (χ1v) is 8.57. The minimum absolute atomic E-state index is 0.0144. The third-order valence-electron chi connectivity index (χ3n) is 3.62. The van der Waals surface area contributed by atoms with Crippen LogP contribution in [0.1, 0.15) is 32.5 Å². The molecule has 1 aromatic heterocycles. The molecular weight excluding hydrogens is 292 g/mol. The highest BCUT2D eigenvalue weighted by Gasteiger charge is 2.31. The Morgan fingerprint density at radius 1 is 1.43 bits per heavy atom. The highest BCUT2D eigenvalue weighted by atomic mass is 32.2. The van der Waals surface area contributed by atoms with Crippen LogP contribution in [0.4, 0.5) is 0 Å². The average Bonchev–Trinajstić information content (AvgIpc) is 2.86. The Kier molecular flexibility index (Phi) is 4.67. The summed E-state index contributed by atoms with van der Waals surface area (Å²) in [5, 5.41) is 3.08. The molecule has 0 saturated carbocycles. The number of carbonyl (C=O) groups is 1. The first-order valence-electron chi connectivity index (χ1n) is 7.13. The van der Waals surface area contributed by atoms with E-state index in [1.807, 2.05) is 13.8 Å². The van der Waals surface area contributed by atoms with Crippen molar-refractivity contribution in [2.24, 2.45) is 5.92 Å². The van der Waals surface area contributed by atoms with Gasteiger partial charge in [0.2, 0.25) is 5.91 Å². The summed E-state index contributed by atoms with van der Waals surface area (Å²) in [7, 11) is -3.51. The number of piperidine rings is 1. The molecule has 0 radical (unpaired) electrons. The summed E-state index contributed by atoms with van der Waals surface area (Å²) in [6.07, 6.45) is 2.60. The van der Waals surface area contributed by atoms with E-state index < -0.39 is 10.0 Å². The van der Waals surface area contributed by atoms with E-state index in [9.17, 15) is 13.2 Å². The number of imidazole rings is 1. The Hall–Kier alpha value is -1.41. The van der Waals surface area contributed by atoms with Crippen molar-refractivity contribution in [3.63, 3.8) is 0 Å². The van der Waals surface area contributed by atoms with Crippen LogP contribution in [0.15, 0.2) is 11.2 Å². The largest absolute Gasteiger partial charge is 0.353 e. The van der Waals surface area contributed by atoms with E-state index in [-0.39, 0.29) is 22.9 Å². The number of aromatic nitrogens is 2. The molecule has 1 aromatic rings. The predicted octanol–water partition coefficient (Wildman–Crippen LogP) is 0.643. The van der Waals surface area contributed by atoms with Crippen molar-refractivity contribution < 1.29 is 13.2 Å². The van der Waals surface area contributed by atoms with Crippen LogP contribution in [0.5, 0.6) is 0 Å². The van der Waals surface area contributed by atoms with Crippen molar-refractivity contribution >= 4 is 15.9 Å². The normalized spacial score (nSPS) is 18.1. The van der Waals surface area contributed by atoms with Crippen molar-refractivity contribution in [3.05, 3.63) is 12.0 Å². The van der Waals surface area contributed by atoms with Crippen molar-refractivity contribution in [1.82, 2.24) is 19.6 Å². The lowest BCUT2D eigenvalue weighted by Gasteiger charge is -2.31. The monoisotopic (exact) mass is 314 g/mol. The SMILES string of the molecule is Cc1ncc(S(=O)(=O)N2CCC(NC(=O)C(C)C)CC2)[nH]1. The fourth-order valence-electron chi connectivity index (χ4n) is 2.28. The van der Waals surface area contributed by atoms with Crippen molar-refractivity contribution in [1.29, 1.82) is 0 Å². The molecule has 21 heavy (non-hydrogen) atoms. The lowest BCUT2D eigenvalue weighted by molar-refractivity contribution is -0.124. The summed E-state index contributed by atoms with van der Waals surface area (Å²) in [5.41, 5.74) is 0. The van der Waals surface area contributed by atoms with E-state index in [4.69, 9.17) is 0 Å². The van der Waals surface area contributed by atoms with E-state index >= 15 is 0 Å². The van der Waals surface area contributed by atoms with Gasteiger partial charge in [-0.2, -0.15) is 4.31 Å². The Bertz CT molecular complexity index is 601. The van der Waals surface area contributed by atoms with Gasteiger partial charge in [0.1, 0.15) is 5.82 Å². The number of aromatic amines is 1. The second-order valence-electron chi connectivity index (χ2n) is 5.67. The minimum Gasteiger partial charge on any atom is -0.353 e. The number of hydrogen-bond acceptors (Lipinski definition) is 4. The molecule has 1 aliphatic heterocycles. The molecule has 2 heterocycles. The van der Waals surface area contributed by atoms with Crippen LogP contribution in [0.25, 0.3) is 0 Å². The van der Waals surface area contributed by atoms with Crippen LogP contribution in [-0.2, 0) is 14.8 Å². The Labute approximate surface area is 125 Å². The fraction of sp³-hybridized carbons (Fsp3) is 0.692. The zero-order chi connectivity index (χ0) is 15.6. The average molecular weight is 314 g/mol. The van der Waals surface area contributed by atoms with Gasteiger partial charge in [-0.15, -0.1) is 0 Å². The van der Waals surface area contributed by atoms with Crippen LogP contribution in [-0.4, -0.2) is 47.7 Å². The van der Waals surface area contributed by atoms with E-state index in [0.29, 0.717) is 31.8 Å². The summed E-state index contributed by atoms with van der Waals surface area (Å²) in [4.78, 5) is 18.4. The molecule has 2 N–H and O–H groups in total. The maximum absolute atomic E-state index is 12.4. The fourth-order valence-corrected chi connectivity index (χ4v) is 3.71. The second-order valence-corrected chi connectivity index (χ2v) is 7.58. The highest BCUT2D eigenvalue weighted by Crippen LogP contribution is 2.19. The minimum atomic E-state index is -3.51. The van der Waals surface area contributed by atoms with Gasteiger partial charge in [0.15, 0.2) is 5.03 Å². The van der Waals surface area contributed by atoms with Gasteiger partial charge < -0.3 is 10.3 Å². The molecule has 1 fully saturated rings. The zero-order valence-electron chi connectivity index (χ0n) is 12.6. The summed E-state index contributed by atoms with van der Waals surface area (Å²) < 4.78 is 26.3. The molecule has 0 atom stereocenters. The van der Waals surface area contributed by atoms with Gasteiger partial charge >= 0.3 is 0 Å². The Balaban J connectivity index is 1.96. The number of nitrogens with one attached hydrogen (secondary N) is 2. The van der Waals surface area contributed by atoms with Crippen LogP contribution >= 0.6 is 0 Å². The van der Waals surface area contributed by atoms with E-state index in [1.165, 1.54) is 10.5 Å². The third-order valence-corrected chi connectivity index (χ3v) is 5.43. The van der Waals surface area contributed by atoms with Gasteiger partial charge in [-0.1, -0.05) is 13.8 Å². The Morgan fingerprint density at radius 3 is 2.52 bits per heavy atom. The molecule has 1 amide bonds. The van der Waals surface area contributed by atoms with Crippen LogP contribution in [0.3, 0.4) is 0 Å². The lowest BCUT2D eigenvalue weighted by Crippen LogP contribution is -2.47. The lowest BCUT2D eigenvalue weighted by atomic mass is 10.1. The third kappa shape index (κ3) is 3.62. The smallest absolute Gasteiger partial charge is 0.260 e. The molecule has 0 bridgehead atoms.